The van der Waals surface area contributed by atoms with Crippen LogP contribution in [0.2, 0.25) is 0 Å². The van der Waals surface area contributed by atoms with Gasteiger partial charge in [-0.25, -0.2) is 4.39 Å². The second kappa shape index (κ2) is 5.25. The molecule has 0 spiro atoms. The standard InChI is InChI=1S/C15H15FN2OS/c16-12-8-9(17)4-5-13(12)18-15(19)11-2-1-3-14-10(11)6-7-20-14/h4-8,11H,1-3,17H2,(H,18,19). The first-order valence-electron chi connectivity index (χ1n) is 6.57. The molecule has 0 aliphatic heterocycles. The van der Waals surface area contributed by atoms with Gasteiger partial charge in [0.2, 0.25) is 5.91 Å². The number of hydrogen-bond donors (Lipinski definition) is 2. The Labute approximate surface area is 120 Å². The highest BCUT2D eigenvalue weighted by molar-refractivity contribution is 7.10. The number of nitrogens with one attached hydrogen (secondary N) is 1. The Kier molecular flexibility index (Phi) is 3.44. The molecule has 1 heterocycles. The largest absolute Gasteiger partial charge is 0.399 e. The molecule has 20 heavy (non-hydrogen) atoms. The van der Waals surface area contributed by atoms with E-state index in [0.717, 1.165) is 24.8 Å². The molecule has 1 unspecified atom stereocenters. The molecule has 3 N–H and O–H groups in total. The van der Waals surface area contributed by atoms with Crippen LogP contribution in [0.5, 0.6) is 0 Å². The smallest absolute Gasteiger partial charge is 0.232 e. The predicted octanol–water partition coefficient (Wildman–Crippen LogP) is 3.53. The molecular weight excluding hydrogens is 275 g/mol. The number of amides is 1. The fraction of sp³-hybridized carbons (Fsp3) is 0.267. The van der Waals surface area contributed by atoms with E-state index in [1.165, 1.54) is 17.0 Å². The van der Waals surface area contributed by atoms with E-state index in [4.69, 9.17) is 5.73 Å². The Hall–Kier alpha value is -1.88. The minimum absolute atomic E-state index is 0.145. The van der Waals surface area contributed by atoms with Crippen LogP contribution in [0.15, 0.2) is 29.6 Å². The minimum Gasteiger partial charge on any atom is -0.399 e. The highest BCUT2D eigenvalue weighted by Crippen LogP contribution is 2.35. The summed E-state index contributed by atoms with van der Waals surface area (Å²) in [4.78, 5) is 13.6. The number of aryl methyl sites for hydroxylation is 1. The zero-order chi connectivity index (χ0) is 14.1. The van der Waals surface area contributed by atoms with Gasteiger partial charge < -0.3 is 11.1 Å². The lowest BCUT2D eigenvalue weighted by molar-refractivity contribution is -0.117. The van der Waals surface area contributed by atoms with Gasteiger partial charge in [-0.1, -0.05) is 0 Å². The molecule has 3 rings (SSSR count). The summed E-state index contributed by atoms with van der Waals surface area (Å²) in [6.45, 7) is 0. The van der Waals surface area contributed by atoms with Crippen molar-refractivity contribution < 1.29 is 9.18 Å². The Morgan fingerprint density at radius 3 is 3.05 bits per heavy atom. The van der Waals surface area contributed by atoms with E-state index >= 15 is 0 Å². The molecule has 0 bridgehead atoms. The van der Waals surface area contributed by atoms with Crippen molar-refractivity contribution in [2.24, 2.45) is 0 Å². The maximum absolute atomic E-state index is 13.7. The number of anilines is 2. The molecule has 1 aliphatic rings. The molecule has 3 nitrogen and oxygen atoms in total. The van der Waals surface area contributed by atoms with Gasteiger partial charge in [-0.15, -0.1) is 11.3 Å². The van der Waals surface area contributed by atoms with Crippen molar-refractivity contribution in [3.8, 4) is 0 Å². The van der Waals surface area contributed by atoms with Gasteiger partial charge in [0.25, 0.3) is 0 Å². The molecule has 0 radical (unpaired) electrons. The van der Waals surface area contributed by atoms with Crippen LogP contribution < -0.4 is 11.1 Å². The van der Waals surface area contributed by atoms with Crippen molar-refractivity contribution >= 4 is 28.6 Å². The first kappa shape index (κ1) is 13.1. The molecule has 0 saturated carbocycles. The summed E-state index contributed by atoms with van der Waals surface area (Å²) in [6, 6.07) is 6.30. The molecule has 5 heteroatoms. The fourth-order valence-corrected chi connectivity index (χ4v) is 3.60. The summed E-state index contributed by atoms with van der Waals surface area (Å²) >= 11 is 1.69. The summed E-state index contributed by atoms with van der Waals surface area (Å²) in [5.74, 6) is -0.824. The maximum Gasteiger partial charge on any atom is 0.232 e. The van der Waals surface area contributed by atoms with Crippen LogP contribution in [0.1, 0.15) is 29.2 Å². The SMILES string of the molecule is Nc1ccc(NC(=O)C2CCCc3sccc32)c(F)c1. The highest BCUT2D eigenvalue weighted by atomic mass is 32.1. The van der Waals surface area contributed by atoms with Crippen LogP contribution in [0.25, 0.3) is 0 Å². The second-order valence-electron chi connectivity index (χ2n) is 4.97. The van der Waals surface area contributed by atoms with Crippen LogP contribution in [-0.2, 0) is 11.2 Å². The average molecular weight is 290 g/mol. The lowest BCUT2D eigenvalue weighted by atomic mass is 9.87. The Morgan fingerprint density at radius 1 is 1.40 bits per heavy atom. The third kappa shape index (κ3) is 2.41. The van der Waals surface area contributed by atoms with E-state index in [2.05, 4.69) is 5.32 Å². The number of thiophene rings is 1. The number of rotatable bonds is 2. The molecule has 1 aliphatic carbocycles. The summed E-state index contributed by atoms with van der Waals surface area (Å²) in [6.07, 6.45) is 2.84. The number of benzene rings is 1. The van der Waals surface area contributed by atoms with Gasteiger partial charge in [0.05, 0.1) is 11.6 Å². The Morgan fingerprint density at radius 2 is 2.25 bits per heavy atom. The van der Waals surface area contributed by atoms with Crippen molar-refractivity contribution in [3.63, 3.8) is 0 Å². The monoisotopic (exact) mass is 290 g/mol. The minimum atomic E-state index is -0.500. The maximum atomic E-state index is 13.7. The highest BCUT2D eigenvalue weighted by Gasteiger charge is 2.27. The molecule has 2 aromatic rings. The van der Waals surface area contributed by atoms with Crippen molar-refractivity contribution in [1.82, 2.24) is 0 Å². The van der Waals surface area contributed by atoms with Gasteiger partial charge in [-0.3, -0.25) is 4.79 Å². The normalized spacial score (nSPS) is 17.6. The number of nitrogens with two attached hydrogens (primary N) is 1. The lowest BCUT2D eigenvalue weighted by Crippen LogP contribution is -2.24. The topological polar surface area (TPSA) is 55.1 Å². The van der Waals surface area contributed by atoms with Crippen LogP contribution in [0, 0.1) is 5.82 Å². The van der Waals surface area contributed by atoms with Crippen LogP contribution in [0.4, 0.5) is 15.8 Å². The summed E-state index contributed by atoms with van der Waals surface area (Å²) < 4.78 is 13.7. The third-order valence-electron chi connectivity index (χ3n) is 3.62. The summed E-state index contributed by atoms with van der Waals surface area (Å²) in [5.41, 5.74) is 7.12. The summed E-state index contributed by atoms with van der Waals surface area (Å²) in [7, 11) is 0. The molecule has 0 saturated heterocycles. The Balaban J connectivity index is 1.81. The van der Waals surface area contributed by atoms with E-state index < -0.39 is 5.82 Å². The first-order valence-corrected chi connectivity index (χ1v) is 7.45. The van der Waals surface area contributed by atoms with E-state index in [1.54, 1.807) is 17.4 Å². The van der Waals surface area contributed by atoms with Crippen LogP contribution in [-0.4, -0.2) is 5.91 Å². The number of nitrogen functional groups attached to an aromatic ring is 1. The quantitative estimate of drug-likeness (QED) is 0.831. The third-order valence-corrected chi connectivity index (χ3v) is 4.62. The number of halogens is 1. The number of fused-ring (bicyclic) bond motifs is 1. The first-order chi connectivity index (χ1) is 9.65. The summed E-state index contributed by atoms with van der Waals surface area (Å²) in [5, 5.41) is 4.69. The molecule has 1 aromatic carbocycles. The van der Waals surface area contributed by atoms with E-state index in [1.807, 2.05) is 11.4 Å². The zero-order valence-corrected chi connectivity index (χ0v) is 11.7. The van der Waals surface area contributed by atoms with E-state index in [-0.39, 0.29) is 17.5 Å². The van der Waals surface area contributed by atoms with E-state index in [0.29, 0.717) is 5.69 Å². The van der Waals surface area contributed by atoms with Gasteiger partial charge in [0.1, 0.15) is 5.82 Å². The molecule has 1 amide bonds. The van der Waals surface area contributed by atoms with Gasteiger partial charge in [-0.05, 0) is 54.5 Å². The van der Waals surface area contributed by atoms with E-state index in [9.17, 15) is 9.18 Å². The fourth-order valence-electron chi connectivity index (χ4n) is 2.61. The molecule has 0 fully saturated rings. The predicted molar refractivity (Wildman–Crippen MR) is 79.4 cm³/mol. The van der Waals surface area contributed by atoms with Gasteiger partial charge >= 0.3 is 0 Å². The van der Waals surface area contributed by atoms with Crippen molar-refractivity contribution in [1.29, 1.82) is 0 Å². The average Bonchev–Trinajstić information content (AvgIpc) is 2.90. The van der Waals surface area contributed by atoms with Gasteiger partial charge in [-0.2, -0.15) is 0 Å². The second-order valence-corrected chi connectivity index (χ2v) is 5.97. The Bertz CT molecular complexity index is 653. The van der Waals surface area contributed by atoms with Crippen LogP contribution in [0.3, 0.4) is 0 Å². The zero-order valence-electron chi connectivity index (χ0n) is 10.9. The molecule has 1 aromatic heterocycles. The molecular formula is C15H15FN2OS. The number of hydrogen-bond acceptors (Lipinski definition) is 3. The lowest BCUT2D eigenvalue weighted by Gasteiger charge is -2.22. The van der Waals surface area contributed by atoms with Crippen molar-refractivity contribution in [2.75, 3.05) is 11.1 Å². The number of carbonyl (C=O) groups excluding carboxylic acids is 1. The molecule has 1 atom stereocenters. The van der Waals surface area contributed by atoms with Crippen LogP contribution >= 0.6 is 11.3 Å². The van der Waals surface area contributed by atoms with Crippen molar-refractivity contribution in [3.05, 3.63) is 45.9 Å². The van der Waals surface area contributed by atoms with Gasteiger partial charge in [0.15, 0.2) is 0 Å². The number of carbonyl (C=O) groups is 1. The molecule has 104 valence electrons. The van der Waals surface area contributed by atoms with Gasteiger partial charge in [0, 0.05) is 10.6 Å². The van der Waals surface area contributed by atoms with Crippen molar-refractivity contribution in [2.45, 2.75) is 25.2 Å².